The average molecular weight is 228 g/mol. The predicted molar refractivity (Wildman–Crippen MR) is 68.8 cm³/mol. The van der Waals surface area contributed by atoms with Crippen molar-refractivity contribution in [2.75, 3.05) is 13.1 Å². The Kier molecular flexibility index (Phi) is 4.14. The van der Waals surface area contributed by atoms with Crippen molar-refractivity contribution in [3.63, 3.8) is 0 Å². The minimum Gasteiger partial charge on any atom is -0.316 e. The molecule has 0 fully saturated rings. The highest BCUT2D eigenvalue weighted by Crippen LogP contribution is 1.95. The van der Waals surface area contributed by atoms with Crippen LogP contribution in [-0.4, -0.2) is 23.1 Å². The Morgan fingerprint density at radius 3 is 1.82 bits per heavy atom. The fourth-order valence-electron chi connectivity index (χ4n) is 1.59. The third-order valence-electron chi connectivity index (χ3n) is 2.50. The second kappa shape index (κ2) is 6.76. The average Bonchev–Trinajstić information content (AvgIpc) is 2.45. The van der Waals surface area contributed by atoms with Gasteiger partial charge in [-0.3, -0.25) is 9.97 Å². The zero-order chi connectivity index (χ0) is 12.6. The summed E-state index contributed by atoms with van der Waals surface area (Å²) in [6.45, 7) is 1.40. The van der Waals surface area contributed by atoms with Gasteiger partial charge in [-0.05, 0) is 24.3 Å². The van der Waals surface area contributed by atoms with Crippen molar-refractivity contribution in [2.24, 2.45) is 0 Å². The maximum atomic E-state index is 7.85. The quantitative estimate of drug-likeness (QED) is 0.820. The molecule has 0 saturated heterocycles. The Labute approximate surface area is 103 Å². The molecule has 2 aromatic rings. The normalized spacial score (nSPS) is 11.5. The molecule has 2 heterocycles. The number of nitrogens with zero attached hydrogens (tertiary/aromatic N) is 2. The number of hydrogen-bond donors (Lipinski definition) is 1. The molecule has 0 saturated carbocycles. The molecular weight excluding hydrogens is 210 g/mol. The van der Waals surface area contributed by atoms with E-state index >= 15 is 0 Å². The zero-order valence-corrected chi connectivity index (χ0v) is 9.79. The van der Waals surface area contributed by atoms with E-state index in [1.54, 1.807) is 17.7 Å². The Morgan fingerprint density at radius 2 is 1.41 bits per heavy atom. The minimum atomic E-state index is 0.698. The molecule has 0 unspecified atom stereocenters. The second-order valence-electron chi connectivity index (χ2n) is 3.81. The van der Waals surface area contributed by atoms with Crippen LogP contribution in [0.1, 0.15) is 11.4 Å². The summed E-state index contributed by atoms with van der Waals surface area (Å²) < 4.78 is 7.85. The number of nitrogens with one attached hydrogen (secondary N) is 1. The first kappa shape index (κ1) is 10.4. The molecule has 3 heteroatoms. The third kappa shape index (κ3) is 4.33. The van der Waals surface area contributed by atoms with Gasteiger partial charge in [-0.15, -0.1) is 0 Å². The molecule has 1 N–H and O–H groups in total. The second-order valence-corrected chi connectivity index (χ2v) is 3.81. The van der Waals surface area contributed by atoms with Gasteiger partial charge in [-0.2, -0.15) is 0 Å². The molecule has 0 aliphatic rings. The lowest BCUT2D eigenvalue weighted by Gasteiger charge is -2.04. The van der Waals surface area contributed by atoms with Crippen LogP contribution in [0.4, 0.5) is 0 Å². The molecule has 2 aromatic heterocycles. The lowest BCUT2D eigenvalue weighted by atomic mass is 10.2. The number of rotatable bonds is 6. The molecule has 0 bridgehead atoms. The maximum Gasteiger partial charge on any atom is 0.122 e. The van der Waals surface area contributed by atoms with Crippen molar-refractivity contribution >= 4 is 0 Å². The molecule has 0 aromatic carbocycles. The first-order chi connectivity index (χ1) is 8.84. The van der Waals surface area contributed by atoms with Crippen molar-refractivity contribution in [1.29, 1.82) is 0 Å². The van der Waals surface area contributed by atoms with E-state index in [0.29, 0.717) is 13.1 Å². The molecular formula is C14H17N3. The lowest BCUT2D eigenvalue weighted by molar-refractivity contribution is 0.670. The molecule has 0 atom stereocenters. The molecule has 88 valence electrons. The van der Waals surface area contributed by atoms with Gasteiger partial charge in [0.1, 0.15) is 1.41 Å². The van der Waals surface area contributed by atoms with Gasteiger partial charge in [-0.25, -0.2) is 0 Å². The van der Waals surface area contributed by atoms with Crippen LogP contribution in [0.25, 0.3) is 0 Å². The molecule has 0 aliphatic carbocycles. The first-order valence-electron chi connectivity index (χ1n) is 6.33. The Balaban J connectivity index is 1.71. The largest absolute Gasteiger partial charge is 0.316 e. The van der Waals surface area contributed by atoms with Crippen molar-refractivity contribution in [1.82, 2.24) is 15.3 Å². The van der Waals surface area contributed by atoms with Crippen LogP contribution >= 0.6 is 0 Å². The van der Waals surface area contributed by atoms with Crippen LogP contribution in [-0.2, 0) is 12.8 Å². The van der Waals surface area contributed by atoms with Crippen LogP contribution in [0.2, 0.25) is 1.41 Å². The molecule has 17 heavy (non-hydrogen) atoms. The maximum absolute atomic E-state index is 7.85. The van der Waals surface area contributed by atoms with Crippen molar-refractivity contribution < 1.29 is 1.41 Å². The van der Waals surface area contributed by atoms with E-state index in [0.717, 1.165) is 24.2 Å². The standard InChI is InChI=1S/C14H17N3/c1-3-9-16-13(5-1)7-11-15-12-8-14-6-2-4-10-17-14/h1-6,9-10,15H,7-8,11-12H2/i/hD. The molecule has 3 nitrogen and oxygen atoms in total. The highest BCUT2D eigenvalue weighted by Gasteiger charge is 1.94. The van der Waals surface area contributed by atoms with Gasteiger partial charge in [0.25, 0.3) is 0 Å². The van der Waals surface area contributed by atoms with E-state index in [2.05, 4.69) is 9.97 Å². The predicted octanol–water partition coefficient (Wildman–Crippen LogP) is 1.85. The summed E-state index contributed by atoms with van der Waals surface area (Å²) in [7, 11) is 0. The highest BCUT2D eigenvalue weighted by molar-refractivity contribution is 5.04. The van der Waals surface area contributed by atoms with Crippen LogP contribution in [0.5, 0.6) is 0 Å². The third-order valence-corrected chi connectivity index (χ3v) is 2.50. The van der Waals surface area contributed by atoms with Gasteiger partial charge in [0.05, 0.1) is 0 Å². The SMILES string of the molecule is [2H]N(CCc1ccccn1)CCc1ccccn1. The summed E-state index contributed by atoms with van der Waals surface area (Å²) in [4.78, 5) is 8.49. The summed E-state index contributed by atoms with van der Waals surface area (Å²) >= 11 is 0. The minimum absolute atomic E-state index is 0.698. The molecule has 2 rings (SSSR count). The van der Waals surface area contributed by atoms with Gasteiger partial charge in [0.2, 0.25) is 0 Å². The van der Waals surface area contributed by atoms with Gasteiger partial charge in [-0.1, -0.05) is 12.1 Å². The first-order valence-corrected chi connectivity index (χ1v) is 5.88. The summed E-state index contributed by atoms with van der Waals surface area (Å²) in [5, 5.41) is 1.57. The molecule has 0 radical (unpaired) electrons. The van der Waals surface area contributed by atoms with E-state index < -0.39 is 0 Å². The fraction of sp³-hybridized carbons (Fsp3) is 0.286. The molecule has 0 amide bonds. The van der Waals surface area contributed by atoms with Crippen molar-refractivity contribution in [3.8, 4) is 0 Å². The van der Waals surface area contributed by atoms with E-state index in [1.165, 1.54) is 0 Å². The zero-order valence-electron chi connectivity index (χ0n) is 10.8. The monoisotopic (exact) mass is 228 g/mol. The summed E-state index contributed by atoms with van der Waals surface area (Å²) in [5.74, 6) is 0. The van der Waals surface area contributed by atoms with Crippen LogP contribution in [0, 0.1) is 0 Å². The van der Waals surface area contributed by atoms with E-state index in [1.807, 2.05) is 36.4 Å². The topological polar surface area (TPSA) is 37.8 Å². The molecule has 0 aliphatic heterocycles. The smallest absolute Gasteiger partial charge is 0.122 e. The number of hydrogen-bond acceptors (Lipinski definition) is 3. The van der Waals surface area contributed by atoms with Crippen LogP contribution in [0.15, 0.2) is 48.8 Å². The number of pyridine rings is 2. The van der Waals surface area contributed by atoms with Crippen LogP contribution < -0.4 is 5.31 Å². The fourth-order valence-corrected chi connectivity index (χ4v) is 1.59. The van der Waals surface area contributed by atoms with Gasteiger partial charge < -0.3 is 5.31 Å². The lowest BCUT2D eigenvalue weighted by Crippen LogP contribution is -2.20. The highest BCUT2D eigenvalue weighted by atomic mass is 14.9. The van der Waals surface area contributed by atoms with Crippen molar-refractivity contribution in [3.05, 3.63) is 60.2 Å². The Bertz CT molecular complexity index is 404. The van der Waals surface area contributed by atoms with Gasteiger partial charge in [0, 0.05) is 49.7 Å². The van der Waals surface area contributed by atoms with Gasteiger partial charge in [0.15, 0.2) is 0 Å². The summed E-state index contributed by atoms with van der Waals surface area (Å²) in [6, 6.07) is 11.8. The molecule has 0 spiro atoms. The summed E-state index contributed by atoms with van der Waals surface area (Å²) in [5.41, 5.74) is 2.07. The Hall–Kier alpha value is -1.74. The number of aromatic nitrogens is 2. The van der Waals surface area contributed by atoms with Gasteiger partial charge >= 0.3 is 0 Å². The Morgan fingerprint density at radius 1 is 0.882 bits per heavy atom. The van der Waals surface area contributed by atoms with Crippen LogP contribution in [0.3, 0.4) is 0 Å². The van der Waals surface area contributed by atoms with E-state index in [4.69, 9.17) is 1.41 Å². The van der Waals surface area contributed by atoms with E-state index in [-0.39, 0.29) is 0 Å². The van der Waals surface area contributed by atoms with Crippen molar-refractivity contribution in [2.45, 2.75) is 12.8 Å². The van der Waals surface area contributed by atoms with E-state index in [9.17, 15) is 0 Å². The summed E-state index contributed by atoms with van der Waals surface area (Å²) in [6.07, 6.45) is 5.20.